The fourth-order valence-corrected chi connectivity index (χ4v) is 2.92. The quantitative estimate of drug-likeness (QED) is 0.627. The SMILES string of the molecule is C1CCCC[C](C2CCCCO2)CCC1. The van der Waals surface area contributed by atoms with E-state index in [-0.39, 0.29) is 0 Å². The van der Waals surface area contributed by atoms with E-state index >= 15 is 0 Å². The van der Waals surface area contributed by atoms with Gasteiger partial charge in [0.1, 0.15) is 0 Å². The largest absolute Gasteiger partial charge is 0.378 e. The molecule has 1 atom stereocenters. The first-order valence-corrected chi connectivity index (χ1v) is 6.93. The lowest BCUT2D eigenvalue weighted by molar-refractivity contribution is 0.0197. The summed E-state index contributed by atoms with van der Waals surface area (Å²) in [7, 11) is 0. The van der Waals surface area contributed by atoms with E-state index in [2.05, 4.69) is 0 Å². The Morgan fingerprint density at radius 3 is 2.00 bits per heavy atom. The van der Waals surface area contributed by atoms with Crippen LogP contribution in [-0.4, -0.2) is 12.7 Å². The van der Waals surface area contributed by atoms with Crippen molar-refractivity contribution in [3.8, 4) is 0 Å². The Hall–Kier alpha value is -0.0400. The molecule has 0 bridgehead atoms. The summed E-state index contributed by atoms with van der Waals surface area (Å²) in [5.41, 5.74) is 0. The first-order chi connectivity index (χ1) is 7.47. The third-order valence-corrected chi connectivity index (χ3v) is 3.88. The number of rotatable bonds is 1. The van der Waals surface area contributed by atoms with Crippen LogP contribution in [0.4, 0.5) is 0 Å². The molecule has 1 heterocycles. The maximum Gasteiger partial charge on any atom is 0.0637 e. The van der Waals surface area contributed by atoms with Gasteiger partial charge in [0.05, 0.1) is 6.10 Å². The molecule has 1 unspecified atom stereocenters. The summed E-state index contributed by atoms with van der Waals surface area (Å²) < 4.78 is 5.92. The van der Waals surface area contributed by atoms with Crippen LogP contribution in [0.1, 0.15) is 70.6 Å². The normalized spacial score (nSPS) is 31.6. The monoisotopic (exact) mass is 209 g/mol. The van der Waals surface area contributed by atoms with Gasteiger partial charge in [-0.3, -0.25) is 0 Å². The predicted molar refractivity (Wildman–Crippen MR) is 63.8 cm³/mol. The molecule has 1 radical (unpaired) electrons. The van der Waals surface area contributed by atoms with E-state index in [1.807, 2.05) is 0 Å². The summed E-state index contributed by atoms with van der Waals surface area (Å²) >= 11 is 0. The third-order valence-electron chi connectivity index (χ3n) is 3.88. The second-order valence-electron chi connectivity index (χ2n) is 5.13. The van der Waals surface area contributed by atoms with Crippen LogP contribution in [0, 0.1) is 5.92 Å². The van der Waals surface area contributed by atoms with Gasteiger partial charge in [-0.1, -0.05) is 38.5 Å². The van der Waals surface area contributed by atoms with Gasteiger partial charge in [0, 0.05) is 12.5 Å². The molecule has 87 valence electrons. The molecule has 2 aliphatic rings. The molecular formula is C14H25O. The molecule has 0 aromatic carbocycles. The Bertz CT molecular complexity index is 151. The van der Waals surface area contributed by atoms with Gasteiger partial charge in [-0.2, -0.15) is 0 Å². The van der Waals surface area contributed by atoms with Crippen LogP contribution >= 0.6 is 0 Å². The van der Waals surface area contributed by atoms with Gasteiger partial charge in [0.15, 0.2) is 0 Å². The van der Waals surface area contributed by atoms with E-state index < -0.39 is 0 Å². The summed E-state index contributed by atoms with van der Waals surface area (Å²) in [6, 6.07) is 0. The van der Waals surface area contributed by atoms with Gasteiger partial charge >= 0.3 is 0 Å². The highest BCUT2D eigenvalue weighted by molar-refractivity contribution is 4.99. The second kappa shape index (κ2) is 6.52. The smallest absolute Gasteiger partial charge is 0.0637 e. The molecule has 0 amide bonds. The summed E-state index contributed by atoms with van der Waals surface area (Å²) in [5.74, 6) is 1.75. The molecule has 1 saturated heterocycles. The van der Waals surface area contributed by atoms with Crippen LogP contribution in [0.5, 0.6) is 0 Å². The Morgan fingerprint density at radius 1 is 0.733 bits per heavy atom. The minimum absolute atomic E-state index is 0.539. The van der Waals surface area contributed by atoms with Gasteiger partial charge in [-0.25, -0.2) is 0 Å². The van der Waals surface area contributed by atoms with E-state index in [9.17, 15) is 0 Å². The highest BCUT2D eigenvalue weighted by atomic mass is 16.5. The Kier molecular flexibility index (Phi) is 4.98. The van der Waals surface area contributed by atoms with Crippen molar-refractivity contribution in [1.82, 2.24) is 0 Å². The minimum Gasteiger partial charge on any atom is -0.378 e. The van der Waals surface area contributed by atoms with Gasteiger partial charge in [0.2, 0.25) is 0 Å². The first kappa shape index (κ1) is 11.4. The predicted octanol–water partition coefficient (Wildman–Crippen LogP) is 4.26. The van der Waals surface area contributed by atoms with Crippen LogP contribution in [0.25, 0.3) is 0 Å². The zero-order chi connectivity index (χ0) is 10.3. The second-order valence-corrected chi connectivity index (χ2v) is 5.13. The molecule has 1 aliphatic heterocycles. The number of hydrogen-bond acceptors (Lipinski definition) is 1. The van der Waals surface area contributed by atoms with Crippen LogP contribution in [0.15, 0.2) is 0 Å². The average Bonchev–Trinajstić information content (AvgIpc) is 2.43. The van der Waals surface area contributed by atoms with Gasteiger partial charge in [0.25, 0.3) is 0 Å². The number of hydrogen-bond donors (Lipinski definition) is 0. The van der Waals surface area contributed by atoms with Crippen molar-refractivity contribution >= 4 is 0 Å². The van der Waals surface area contributed by atoms with E-state index in [1.165, 1.54) is 70.6 Å². The maximum absolute atomic E-state index is 5.92. The van der Waals surface area contributed by atoms with E-state index in [0.29, 0.717) is 6.10 Å². The van der Waals surface area contributed by atoms with Crippen molar-refractivity contribution < 1.29 is 4.74 Å². The van der Waals surface area contributed by atoms with Crippen molar-refractivity contribution in [2.45, 2.75) is 76.7 Å². The molecule has 2 fully saturated rings. The lowest BCUT2D eigenvalue weighted by atomic mass is 9.87. The van der Waals surface area contributed by atoms with Gasteiger partial charge in [-0.05, 0) is 32.1 Å². The van der Waals surface area contributed by atoms with Crippen molar-refractivity contribution in [2.24, 2.45) is 0 Å². The summed E-state index contributed by atoms with van der Waals surface area (Å²) in [4.78, 5) is 0. The van der Waals surface area contributed by atoms with Crippen LogP contribution in [0.2, 0.25) is 0 Å². The lowest BCUT2D eigenvalue weighted by Gasteiger charge is -2.30. The van der Waals surface area contributed by atoms with Gasteiger partial charge < -0.3 is 4.74 Å². The molecule has 0 N–H and O–H groups in total. The molecule has 1 saturated carbocycles. The number of ether oxygens (including phenoxy) is 1. The van der Waals surface area contributed by atoms with Crippen molar-refractivity contribution in [3.63, 3.8) is 0 Å². The zero-order valence-electron chi connectivity index (χ0n) is 9.97. The molecular weight excluding hydrogens is 184 g/mol. The zero-order valence-corrected chi connectivity index (χ0v) is 9.97. The van der Waals surface area contributed by atoms with Crippen molar-refractivity contribution in [2.75, 3.05) is 6.61 Å². The van der Waals surface area contributed by atoms with Crippen molar-refractivity contribution in [1.29, 1.82) is 0 Å². The Labute approximate surface area is 94.6 Å². The first-order valence-electron chi connectivity index (χ1n) is 6.93. The molecule has 0 spiro atoms. The molecule has 0 aromatic heterocycles. The summed E-state index contributed by atoms with van der Waals surface area (Å²) in [5, 5.41) is 0. The van der Waals surface area contributed by atoms with Crippen LogP contribution < -0.4 is 0 Å². The third kappa shape index (κ3) is 3.79. The average molecular weight is 209 g/mol. The van der Waals surface area contributed by atoms with E-state index in [4.69, 9.17) is 4.74 Å². The molecule has 2 rings (SSSR count). The fraction of sp³-hybridized carbons (Fsp3) is 0.929. The lowest BCUT2D eigenvalue weighted by Crippen LogP contribution is -2.26. The van der Waals surface area contributed by atoms with Crippen LogP contribution in [-0.2, 0) is 4.74 Å². The molecule has 0 aromatic rings. The topological polar surface area (TPSA) is 9.23 Å². The molecule has 1 heteroatoms. The molecule has 1 nitrogen and oxygen atoms in total. The molecule has 1 aliphatic carbocycles. The summed E-state index contributed by atoms with van der Waals surface area (Å²) in [6.45, 7) is 1.01. The molecule has 15 heavy (non-hydrogen) atoms. The van der Waals surface area contributed by atoms with Crippen molar-refractivity contribution in [3.05, 3.63) is 5.92 Å². The fourth-order valence-electron chi connectivity index (χ4n) is 2.92. The Morgan fingerprint density at radius 2 is 1.40 bits per heavy atom. The Balaban J connectivity index is 1.80. The van der Waals surface area contributed by atoms with Gasteiger partial charge in [-0.15, -0.1) is 0 Å². The van der Waals surface area contributed by atoms with Crippen LogP contribution in [0.3, 0.4) is 0 Å². The maximum atomic E-state index is 5.92. The van der Waals surface area contributed by atoms with E-state index in [1.54, 1.807) is 5.92 Å². The highest BCUT2D eigenvalue weighted by Gasteiger charge is 2.24. The summed E-state index contributed by atoms with van der Waals surface area (Å²) in [6.07, 6.45) is 15.8. The van der Waals surface area contributed by atoms with E-state index in [0.717, 1.165) is 6.61 Å². The standard InChI is InChI=1S/C14H25O/c1-2-4-6-10-13(9-5-3-1)14-11-7-8-12-15-14/h14H,1-12H2. The minimum atomic E-state index is 0.539. The highest BCUT2D eigenvalue weighted by Crippen LogP contribution is 2.31.